The molecular formula is C15H20NO4P. The van der Waals surface area contributed by atoms with Crippen molar-refractivity contribution in [1.82, 2.24) is 5.09 Å². The van der Waals surface area contributed by atoms with E-state index in [-0.39, 0.29) is 12.5 Å². The fourth-order valence-electron chi connectivity index (χ4n) is 1.45. The standard InChI is InChI=1S/C15H20NO4P/c1-13(12-17)7-6-10-21(16-11-15(18)19-2)20-14-8-4-3-5-9-14/h3-5,7-9,12,16H,6,10-11H2,1-2H3/b13-7+. The van der Waals surface area contributed by atoms with Gasteiger partial charge in [-0.05, 0) is 31.1 Å². The zero-order chi connectivity index (χ0) is 15.5. The van der Waals surface area contributed by atoms with Crippen molar-refractivity contribution in [3.8, 4) is 5.75 Å². The van der Waals surface area contributed by atoms with Crippen LogP contribution in [-0.4, -0.2) is 32.1 Å². The van der Waals surface area contributed by atoms with Gasteiger partial charge in [-0.2, -0.15) is 0 Å². The molecule has 1 atom stereocenters. The number of carbonyl (C=O) groups is 2. The molecule has 0 bridgehead atoms. The monoisotopic (exact) mass is 309 g/mol. The summed E-state index contributed by atoms with van der Waals surface area (Å²) in [5.74, 6) is 0.413. The first-order valence-electron chi connectivity index (χ1n) is 6.58. The van der Waals surface area contributed by atoms with Gasteiger partial charge in [0.05, 0.1) is 7.11 Å². The van der Waals surface area contributed by atoms with E-state index in [1.807, 2.05) is 36.4 Å². The van der Waals surface area contributed by atoms with Crippen LogP contribution in [0.25, 0.3) is 0 Å². The van der Waals surface area contributed by atoms with E-state index in [1.165, 1.54) is 7.11 Å². The minimum Gasteiger partial charge on any atom is -0.468 e. The van der Waals surface area contributed by atoms with Gasteiger partial charge >= 0.3 is 5.97 Å². The first-order chi connectivity index (χ1) is 10.2. The number of para-hydroxylation sites is 1. The van der Waals surface area contributed by atoms with E-state index in [2.05, 4.69) is 9.82 Å². The van der Waals surface area contributed by atoms with E-state index >= 15 is 0 Å². The molecule has 0 saturated carbocycles. The van der Waals surface area contributed by atoms with Gasteiger partial charge in [-0.3, -0.25) is 14.7 Å². The number of aldehydes is 1. The second-order valence-corrected chi connectivity index (χ2v) is 5.98. The van der Waals surface area contributed by atoms with Crippen LogP contribution in [0.15, 0.2) is 42.0 Å². The van der Waals surface area contributed by atoms with E-state index in [4.69, 9.17) is 4.52 Å². The molecule has 21 heavy (non-hydrogen) atoms. The van der Waals surface area contributed by atoms with Gasteiger partial charge in [-0.15, -0.1) is 0 Å². The van der Waals surface area contributed by atoms with Gasteiger partial charge in [0, 0.05) is 6.16 Å². The molecule has 6 heteroatoms. The van der Waals surface area contributed by atoms with Gasteiger partial charge in [0.25, 0.3) is 0 Å². The number of methoxy groups -OCH3 is 1. The van der Waals surface area contributed by atoms with Crippen molar-refractivity contribution in [2.75, 3.05) is 19.8 Å². The molecule has 114 valence electrons. The quantitative estimate of drug-likeness (QED) is 0.329. The van der Waals surface area contributed by atoms with E-state index in [9.17, 15) is 9.59 Å². The number of carbonyl (C=O) groups excluding carboxylic acids is 2. The summed E-state index contributed by atoms with van der Waals surface area (Å²) in [5, 5.41) is 3.06. The first kappa shape index (κ1) is 17.3. The second-order valence-electron chi connectivity index (χ2n) is 4.27. The molecule has 0 aliphatic rings. The van der Waals surface area contributed by atoms with E-state index in [1.54, 1.807) is 6.92 Å². The van der Waals surface area contributed by atoms with E-state index in [0.29, 0.717) is 18.2 Å². The lowest BCUT2D eigenvalue weighted by atomic mass is 10.3. The first-order valence-corrected chi connectivity index (χ1v) is 8.03. The van der Waals surface area contributed by atoms with Crippen LogP contribution in [0, 0.1) is 0 Å². The van der Waals surface area contributed by atoms with E-state index in [0.717, 1.165) is 12.0 Å². The van der Waals surface area contributed by atoms with Crippen molar-refractivity contribution in [2.24, 2.45) is 0 Å². The molecule has 0 heterocycles. The second kappa shape index (κ2) is 10.1. The number of hydrogen-bond donors (Lipinski definition) is 1. The summed E-state index contributed by atoms with van der Waals surface area (Å²) < 4.78 is 10.5. The van der Waals surface area contributed by atoms with Crippen LogP contribution in [0.4, 0.5) is 0 Å². The highest BCUT2D eigenvalue weighted by Gasteiger charge is 2.12. The maximum atomic E-state index is 11.2. The Bertz CT molecular complexity index is 476. The van der Waals surface area contributed by atoms with Crippen molar-refractivity contribution in [1.29, 1.82) is 0 Å². The summed E-state index contributed by atoms with van der Waals surface area (Å²) in [5.41, 5.74) is 0.692. The van der Waals surface area contributed by atoms with Crippen molar-refractivity contribution in [3.63, 3.8) is 0 Å². The zero-order valence-corrected chi connectivity index (χ0v) is 13.1. The number of nitrogens with one attached hydrogen (secondary N) is 1. The third kappa shape index (κ3) is 7.59. The number of esters is 1. The van der Waals surface area contributed by atoms with Crippen molar-refractivity contribution >= 4 is 20.6 Å². The lowest BCUT2D eigenvalue weighted by Crippen LogP contribution is -2.22. The lowest BCUT2D eigenvalue weighted by Gasteiger charge is -2.18. The summed E-state index contributed by atoms with van der Waals surface area (Å²) in [6.45, 7) is 1.86. The molecule has 0 fully saturated rings. The Kier molecular flexibility index (Phi) is 8.32. The molecule has 0 amide bonds. The smallest absolute Gasteiger partial charge is 0.320 e. The summed E-state index contributed by atoms with van der Waals surface area (Å²) in [7, 11) is 0.326. The van der Waals surface area contributed by atoms with Crippen LogP contribution in [0.3, 0.4) is 0 Å². The largest absolute Gasteiger partial charge is 0.468 e. The maximum absolute atomic E-state index is 11.2. The van der Waals surface area contributed by atoms with Crippen LogP contribution in [-0.2, 0) is 14.3 Å². The molecule has 1 rings (SSSR count). The molecule has 0 saturated heterocycles. The topological polar surface area (TPSA) is 64.6 Å². The highest BCUT2D eigenvalue weighted by atomic mass is 31.2. The van der Waals surface area contributed by atoms with Crippen LogP contribution in [0.1, 0.15) is 13.3 Å². The fraction of sp³-hybridized carbons (Fsp3) is 0.333. The van der Waals surface area contributed by atoms with Crippen LogP contribution < -0.4 is 9.61 Å². The SMILES string of the molecule is COC(=O)CNP(CC/C=C(\C)C=O)Oc1ccccc1. The number of allylic oxidation sites excluding steroid dienone is 2. The van der Waals surface area contributed by atoms with Gasteiger partial charge in [0.1, 0.15) is 18.6 Å². The Hall–Kier alpha value is -1.71. The van der Waals surface area contributed by atoms with Gasteiger partial charge in [-0.25, -0.2) is 0 Å². The van der Waals surface area contributed by atoms with Crippen LogP contribution in [0.5, 0.6) is 5.75 Å². The number of hydrogen-bond acceptors (Lipinski definition) is 5. The minimum atomic E-state index is -1.02. The molecule has 1 aromatic rings. The van der Waals surface area contributed by atoms with Crippen LogP contribution >= 0.6 is 8.30 Å². The Morgan fingerprint density at radius 3 is 2.67 bits per heavy atom. The van der Waals surface area contributed by atoms with Crippen molar-refractivity contribution in [2.45, 2.75) is 13.3 Å². The predicted molar refractivity (Wildman–Crippen MR) is 83.3 cm³/mol. The summed E-state index contributed by atoms with van der Waals surface area (Å²) in [6, 6.07) is 9.41. The Balaban J connectivity index is 2.56. The van der Waals surface area contributed by atoms with E-state index < -0.39 is 8.30 Å². The molecule has 0 spiro atoms. The third-order valence-corrected chi connectivity index (χ3v) is 4.18. The average molecular weight is 309 g/mol. The molecular weight excluding hydrogens is 289 g/mol. The molecule has 5 nitrogen and oxygen atoms in total. The Morgan fingerprint density at radius 1 is 1.33 bits per heavy atom. The molecule has 1 unspecified atom stereocenters. The molecule has 0 aromatic heterocycles. The number of ether oxygens (including phenoxy) is 1. The van der Waals surface area contributed by atoms with Gasteiger partial charge < -0.3 is 9.26 Å². The molecule has 1 aromatic carbocycles. The number of rotatable bonds is 9. The molecule has 0 aliphatic heterocycles. The molecule has 1 N–H and O–H groups in total. The Morgan fingerprint density at radius 2 is 2.05 bits per heavy atom. The summed E-state index contributed by atoms with van der Waals surface area (Å²) >= 11 is 0. The van der Waals surface area contributed by atoms with Gasteiger partial charge in [0.2, 0.25) is 0 Å². The zero-order valence-electron chi connectivity index (χ0n) is 12.2. The van der Waals surface area contributed by atoms with Gasteiger partial charge in [0.15, 0.2) is 8.30 Å². The van der Waals surface area contributed by atoms with Crippen molar-refractivity contribution in [3.05, 3.63) is 42.0 Å². The fourth-order valence-corrected chi connectivity index (χ4v) is 2.81. The molecule has 0 radical (unpaired) electrons. The normalized spacial score (nSPS) is 12.6. The average Bonchev–Trinajstić information content (AvgIpc) is 2.52. The highest BCUT2D eigenvalue weighted by molar-refractivity contribution is 7.50. The number of benzene rings is 1. The summed E-state index contributed by atoms with van der Waals surface area (Å²) in [6.07, 6.45) is 4.09. The third-order valence-electron chi connectivity index (χ3n) is 2.57. The van der Waals surface area contributed by atoms with Crippen molar-refractivity contribution < 1.29 is 18.8 Å². The van der Waals surface area contributed by atoms with Crippen LogP contribution in [0.2, 0.25) is 0 Å². The minimum absolute atomic E-state index is 0.103. The molecule has 0 aliphatic carbocycles. The lowest BCUT2D eigenvalue weighted by molar-refractivity contribution is -0.139. The highest BCUT2D eigenvalue weighted by Crippen LogP contribution is 2.34. The summed E-state index contributed by atoms with van der Waals surface area (Å²) in [4.78, 5) is 21.8. The predicted octanol–water partition coefficient (Wildman–Crippen LogP) is 2.68. The van der Waals surface area contributed by atoms with Gasteiger partial charge in [-0.1, -0.05) is 24.3 Å². The Labute approximate surface area is 126 Å². The maximum Gasteiger partial charge on any atom is 0.320 e.